The van der Waals surface area contributed by atoms with Crippen molar-refractivity contribution in [3.63, 3.8) is 0 Å². The van der Waals surface area contributed by atoms with E-state index in [0.29, 0.717) is 22.4 Å². The van der Waals surface area contributed by atoms with E-state index in [4.69, 9.17) is 16.3 Å². The summed E-state index contributed by atoms with van der Waals surface area (Å²) in [6.07, 6.45) is 1.56. The third kappa shape index (κ3) is 5.18. The molecule has 138 valence electrons. The van der Waals surface area contributed by atoms with Gasteiger partial charge in [-0.25, -0.2) is 9.97 Å². The Morgan fingerprint density at radius 3 is 2.56 bits per heavy atom. The Balaban J connectivity index is 1.76. The Labute approximate surface area is 162 Å². The van der Waals surface area contributed by atoms with E-state index in [1.165, 1.54) is 6.20 Å². The molecule has 0 aliphatic heterocycles. The minimum atomic E-state index is -0.338. The lowest BCUT2D eigenvalue weighted by atomic mass is 10.3. The number of hydrogen-bond donors (Lipinski definition) is 2. The van der Waals surface area contributed by atoms with E-state index in [2.05, 4.69) is 20.6 Å². The van der Waals surface area contributed by atoms with Gasteiger partial charge in [-0.3, -0.25) is 4.79 Å². The van der Waals surface area contributed by atoms with Crippen LogP contribution >= 0.6 is 11.6 Å². The highest BCUT2D eigenvalue weighted by molar-refractivity contribution is 6.30. The number of hydrogen-bond acceptors (Lipinski definition) is 5. The first-order chi connectivity index (χ1) is 13.0. The highest BCUT2D eigenvalue weighted by atomic mass is 35.5. The number of benzene rings is 2. The van der Waals surface area contributed by atoms with Crippen LogP contribution in [0.25, 0.3) is 0 Å². The molecule has 3 rings (SSSR count). The molecule has 0 aliphatic rings. The summed E-state index contributed by atoms with van der Waals surface area (Å²) < 4.78 is 5.78. The maximum absolute atomic E-state index is 12.4. The van der Waals surface area contributed by atoms with Crippen molar-refractivity contribution >= 4 is 34.8 Å². The van der Waals surface area contributed by atoms with Gasteiger partial charge in [0.1, 0.15) is 11.4 Å². The first-order valence-electron chi connectivity index (χ1n) is 8.44. The summed E-state index contributed by atoms with van der Waals surface area (Å²) in [6.45, 7) is 3.91. The van der Waals surface area contributed by atoms with Gasteiger partial charge >= 0.3 is 0 Å². The molecule has 0 unspecified atom stereocenters. The second-order valence-electron chi connectivity index (χ2n) is 6.01. The number of halogens is 1. The molecule has 0 atom stereocenters. The van der Waals surface area contributed by atoms with Crippen LogP contribution in [0, 0.1) is 0 Å². The fourth-order valence-electron chi connectivity index (χ4n) is 2.32. The summed E-state index contributed by atoms with van der Waals surface area (Å²) in [6, 6.07) is 15.9. The Bertz CT molecular complexity index is 929. The molecule has 1 heterocycles. The van der Waals surface area contributed by atoms with Crippen molar-refractivity contribution in [2.45, 2.75) is 20.0 Å². The summed E-state index contributed by atoms with van der Waals surface area (Å²) >= 11 is 5.86. The lowest BCUT2D eigenvalue weighted by Gasteiger charge is -2.14. The van der Waals surface area contributed by atoms with Crippen LogP contribution in [0.3, 0.4) is 0 Å². The predicted molar refractivity (Wildman–Crippen MR) is 107 cm³/mol. The maximum atomic E-state index is 12.4. The van der Waals surface area contributed by atoms with E-state index in [9.17, 15) is 4.79 Å². The third-order valence-corrected chi connectivity index (χ3v) is 3.74. The quantitative estimate of drug-likeness (QED) is 0.633. The standard InChI is InChI=1S/C20H19ClN4O2/c1-13(2)27-18-6-4-3-5-16(18)24-20-22-12-11-17(25-20)19(26)23-15-9-7-14(21)8-10-15/h3-13H,1-2H3,(H,23,26)(H,22,24,25). The van der Waals surface area contributed by atoms with Crippen molar-refractivity contribution in [2.24, 2.45) is 0 Å². The van der Waals surface area contributed by atoms with Gasteiger partial charge in [0.2, 0.25) is 5.95 Å². The van der Waals surface area contributed by atoms with Gasteiger partial charge < -0.3 is 15.4 Å². The van der Waals surface area contributed by atoms with E-state index in [1.807, 2.05) is 38.1 Å². The minimum absolute atomic E-state index is 0.0327. The number of para-hydroxylation sites is 2. The molecule has 3 aromatic rings. The first-order valence-corrected chi connectivity index (χ1v) is 8.82. The molecule has 0 aliphatic carbocycles. The van der Waals surface area contributed by atoms with Gasteiger partial charge in [0.25, 0.3) is 5.91 Å². The van der Waals surface area contributed by atoms with E-state index in [1.54, 1.807) is 30.3 Å². The number of nitrogens with one attached hydrogen (secondary N) is 2. The molecule has 0 spiro atoms. The number of rotatable bonds is 6. The Kier molecular flexibility index (Phi) is 5.88. The van der Waals surface area contributed by atoms with E-state index in [0.717, 1.165) is 5.69 Å². The summed E-state index contributed by atoms with van der Waals surface area (Å²) in [5, 5.41) is 6.47. The molecule has 2 aromatic carbocycles. The number of carbonyl (C=O) groups is 1. The first kappa shape index (κ1) is 18.7. The van der Waals surface area contributed by atoms with Crippen LogP contribution in [-0.4, -0.2) is 22.0 Å². The lowest BCUT2D eigenvalue weighted by Crippen LogP contribution is -2.15. The van der Waals surface area contributed by atoms with Crippen LogP contribution in [0.4, 0.5) is 17.3 Å². The largest absolute Gasteiger partial charge is 0.489 e. The Morgan fingerprint density at radius 2 is 1.81 bits per heavy atom. The highest BCUT2D eigenvalue weighted by Gasteiger charge is 2.11. The van der Waals surface area contributed by atoms with Crippen molar-refractivity contribution < 1.29 is 9.53 Å². The monoisotopic (exact) mass is 382 g/mol. The normalized spacial score (nSPS) is 10.5. The molecule has 0 bridgehead atoms. The van der Waals surface area contributed by atoms with Gasteiger partial charge in [-0.2, -0.15) is 0 Å². The zero-order valence-electron chi connectivity index (χ0n) is 14.9. The molecule has 27 heavy (non-hydrogen) atoms. The minimum Gasteiger partial charge on any atom is -0.489 e. The number of amides is 1. The van der Waals surface area contributed by atoms with Crippen molar-refractivity contribution in [3.8, 4) is 5.75 Å². The van der Waals surface area contributed by atoms with Gasteiger partial charge in [-0.05, 0) is 56.3 Å². The maximum Gasteiger partial charge on any atom is 0.274 e. The van der Waals surface area contributed by atoms with Crippen LogP contribution in [0.5, 0.6) is 5.75 Å². The van der Waals surface area contributed by atoms with Gasteiger partial charge in [-0.15, -0.1) is 0 Å². The Morgan fingerprint density at radius 1 is 1.07 bits per heavy atom. The molecular formula is C20H19ClN4O2. The second kappa shape index (κ2) is 8.51. The average Bonchev–Trinajstić information content (AvgIpc) is 2.65. The average molecular weight is 383 g/mol. The summed E-state index contributed by atoms with van der Waals surface area (Å²) in [4.78, 5) is 20.9. The zero-order chi connectivity index (χ0) is 19.2. The molecule has 1 amide bonds. The number of nitrogens with zero attached hydrogens (tertiary/aromatic N) is 2. The van der Waals surface area contributed by atoms with Crippen molar-refractivity contribution in [3.05, 3.63) is 71.5 Å². The zero-order valence-corrected chi connectivity index (χ0v) is 15.7. The molecule has 0 saturated carbocycles. The van der Waals surface area contributed by atoms with E-state index < -0.39 is 0 Å². The lowest BCUT2D eigenvalue weighted by molar-refractivity contribution is 0.102. The molecule has 0 saturated heterocycles. The van der Waals surface area contributed by atoms with Crippen LogP contribution in [0.2, 0.25) is 5.02 Å². The summed E-state index contributed by atoms with van der Waals surface area (Å²) in [5.41, 5.74) is 1.60. The summed E-state index contributed by atoms with van der Waals surface area (Å²) in [7, 11) is 0. The van der Waals surface area contributed by atoms with Crippen molar-refractivity contribution in [2.75, 3.05) is 10.6 Å². The van der Waals surface area contributed by atoms with E-state index >= 15 is 0 Å². The number of ether oxygens (including phenoxy) is 1. The second-order valence-corrected chi connectivity index (χ2v) is 6.45. The van der Waals surface area contributed by atoms with Gasteiger partial charge in [0, 0.05) is 16.9 Å². The fraction of sp³-hybridized carbons (Fsp3) is 0.150. The molecule has 6 nitrogen and oxygen atoms in total. The van der Waals surface area contributed by atoms with Crippen LogP contribution < -0.4 is 15.4 Å². The van der Waals surface area contributed by atoms with Crippen LogP contribution in [0.15, 0.2) is 60.8 Å². The van der Waals surface area contributed by atoms with Gasteiger partial charge in [0.15, 0.2) is 0 Å². The number of anilines is 3. The third-order valence-electron chi connectivity index (χ3n) is 3.49. The van der Waals surface area contributed by atoms with E-state index in [-0.39, 0.29) is 17.7 Å². The smallest absolute Gasteiger partial charge is 0.274 e. The highest BCUT2D eigenvalue weighted by Crippen LogP contribution is 2.27. The molecule has 0 fully saturated rings. The topological polar surface area (TPSA) is 76.1 Å². The van der Waals surface area contributed by atoms with Gasteiger partial charge in [0.05, 0.1) is 11.8 Å². The SMILES string of the molecule is CC(C)Oc1ccccc1Nc1nccc(C(=O)Nc2ccc(Cl)cc2)n1. The molecule has 2 N–H and O–H groups in total. The fourth-order valence-corrected chi connectivity index (χ4v) is 2.45. The van der Waals surface area contributed by atoms with Crippen molar-refractivity contribution in [1.82, 2.24) is 9.97 Å². The van der Waals surface area contributed by atoms with Crippen molar-refractivity contribution in [1.29, 1.82) is 0 Å². The number of carbonyl (C=O) groups excluding carboxylic acids is 1. The summed E-state index contributed by atoms with van der Waals surface area (Å²) in [5.74, 6) is 0.653. The molecule has 1 aromatic heterocycles. The predicted octanol–water partition coefficient (Wildman–Crippen LogP) is 4.91. The molecular weight excluding hydrogens is 364 g/mol. The van der Waals surface area contributed by atoms with Gasteiger partial charge in [-0.1, -0.05) is 23.7 Å². The molecule has 0 radical (unpaired) electrons. The molecule has 7 heteroatoms. The van der Waals surface area contributed by atoms with Crippen LogP contribution in [-0.2, 0) is 0 Å². The number of aromatic nitrogens is 2. The van der Waals surface area contributed by atoms with Crippen LogP contribution in [0.1, 0.15) is 24.3 Å². The Hall–Kier alpha value is -3.12.